The number of hydrogen-bond acceptors (Lipinski definition) is 1. The van der Waals surface area contributed by atoms with Gasteiger partial charge < -0.3 is 4.74 Å². The Morgan fingerprint density at radius 2 is 1.81 bits per heavy atom. The maximum atomic E-state index is 6.50. The van der Waals surface area contributed by atoms with Gasteiger partial charge in [-0.05, 0) is 49.0 Å². The van der Waals surface area contributed by atoms with Gasteiger partial charge in [-0.2, -0.15) is 0 Å². The molecule has 2 aliphatic rings. The highest BCUT2D eigenvalue weighted by atomic mass is 16.5. The molecule has 4 atom stereocenters. The highest BCUT2D eigenvalue weighted by Crippen LogP contribution is 2.45. The third-order valence-electron chi connectivity index (χ3n) is 5.71. The van der Waals surface area contributed by atoms with Crippen molar-refractivity contribution in [1.82, 2.24) is 0 Å². The Kier molecular flexibility index (Phi) is 5.35. The summed E-state index contributed by atoms with van der Waals surface area (Å²) in [4.78, 5) is 0. The molecule has 2 fully saturated rings. The minimum Gasteiger partial charge on any atom is -0.373 e. The first-order valence-corrected chi connectivity index (χ1v) is 9.04. The molecule has 1 aromatic carbocycles. The van der Waals surface area contributed by atoms with E-state index >= 15 is 0 Å². The Labute approximate surface area is 130 Å². The van der Waals surface area contributed by atoms with Crippen LogP contribution in [0.25, 0.3) is 0 Å². The van der Waals surface area contributed by atoms with Crippen molar-refractivity contribution in [3.63, 3.8) is 0 Å². The van der Waals surface area contributed by atoms with Crippen molar-refractivity contribution >= 4 is 0 Å². The largest absolute Gasteiger partial charge is 0.373 e. The highest BCUT2D eigenvalue weighted by Gasteiger charge is 2.40. The zero-order valence-corrected chi connectivity index (χ0v) is 13.5. The molecule has 0 N–H and O–H groups in total. The molecule has 0 bridgehead atoms. The lowest BCUT2D eigenvalue weighted by Gasteiger charge is -2.45. The van der Waals surface area contributed by atoms with E-state index in [4.69, 9.17) is 4.74 Å². The molecule has 0 aromatic heterocycles. The minimum atomic E-state index is 0.518. The molecule has 4 unspecified atom stereocenters. The van der Waals surface area contributed by atoms with Crippen LogP contribution in [0.3, 0.4) is 0 Å². The van der Waals surface area contributed by atoms with Gasteiger partial charge in [0.25, 0.3) is 0 Å². The molecule has 0 radical (unpaired) electrons. The van der Waals surface area contributed by atoms with Gasteiger partial charge in [0.2, 0.25) is 0 Å². The highest BCUT2D eigenvalue weighted by molar-refractivity contribution is 5.13. The zero-order chi connectivity index (χ0) is 14.5. The van der Waals surface area contributed by atoms with Crippen molar-refractivity contribution in [3.8, 4) is 0 Å². The van der Waals surface area contributed by atoms with Crippen molar-refractivity contribution < 1.29 is 4.74 Å². The fourth-order valence-electron chi connectivity index (χ4n) is 4.68. The lowest BCUT2D eigenvalue weighted by Crippen LogP contribution is -2.42. The molecule has 3 rings (SSSR count). The third kappa shape index (κ3) is 3.69. The van der Waals surface area contributed by atoms with E-state index in [1.54, 1.807) is 0 Å². The Morgan fingerprint density at radius 1 is 1.00 bits per heavy atom. The molecule has 1 nitrogen and oxygen atoms in total. The van der Waals surface area contributed by atoms with Crippen molar-refractivity contribution in [2.24, 2.45) is 17.8 Å². The normalized spacial score (nSPS) is 32.6. The second-order valence-electron chi connectivity index (χ2n) is 7.10. The van der Waals surface area contributed by atoms with E-state index in [1.165, 1.54) is 56.9 Å². The van der Waals surface area contributed by atoms with Crippen LogP contribution in [-0.4, -0.2) is 6.10 Å². The summed E-state index contributed by atoms with van der Waals surface area (Å²) in [5, 5.41) is 0. The van der Waals surface area contributed by atoms with Crippen molar-refractivity contribution in [2.45, 2.75) is 71.0 Å². The van der Waals surface area contributed by atoms with Crippen LogP contribution in [0.15, 0.2) is 30.3 Å². The molecule has 2 saturated carbocycles. The van der Waals surface area contributed by atoms with Crippen LogP contribution in [0.5, 0.6) is 0 Å². The second kappa shape index (κ2) is 7.45. The van der Waals surface area contributed by atoms with Gasteiger partial charge in [0.1, 0.15) is 0 Å². The van der Waals surface area contributed by atoms with E-state index in [-0.39, 0.29) is 0 Å². The summed E-state index contributed by atoms with van der Waals surface area (Å²) in [6.07, 6.45) is 11.8. The lowest BCUT2D eigenvalue weighted by molar-refractivity contribution is -0.0911. The summed E-state index contributed by atoms with van der Waals surface area (Å²) in [5.74, 6) is 2.60. The summed E-state index contributed by atoms with van der Waals surface area (Å²) in [5.41, 5.74) is 1.32. The van der Waals surface area contributed by atoms with Gasteiger partial charge in [0.15, 0.2) is 0 Å². The quantitative estimate of drug-likeness (QED) is 0.685. The SMILES string of the molecule is CCCC1CCC2CCCCC2C1OCc1ccccc1. The van der Waals surface area contributed by atoms with Gasteiger partial charge in [0.05, 0.1) is 12.7 Å². The van der Waals surface area contributed by atoms with Crippen molar-refractivity contribution in [1.29, 1.82) is 0 Å². The fourth-order valence-corrected chi connectivity index (χ4v) is 4.68. The molecule has 1 aromatic rings. The summed E-state index contributed by atoms with van der Waals surface area (Å²) in [6.45, 7) is 3.12. The molecular formula is C20H30O. The van der Waals surface area contributed by atoms with E-state index in [9.17, 15) is 0 Å². The predicted octanol–water partition coefficient (Wildman–Crippen LogP) is 5.59. The first-order valence-electron chi connectivity index (χ1n) is 9.04. The van der Waals surface area contributed by atoms with E-state index in [0.29, 0.717) is 6.10 Å². The van der Waals surface area contributed by atoms with Crippen LogP contribution < -0.4 is 0 Å². The van der Waals surface area contributed by atoms with E-state index in [2.05, 4.69) is 37.3 Å². The Morgan fingerprint density at radius 3 is 2.62 bits per heavy atom. The second-order valence-corrected chi connectivity index (χ2v) is 7.10. The topological polar surface area (TPSA) is 9.23 Å². The molecular weight excluding hydrogens is 256 g/mol. The molecule has 0 saturated heterocycles. The van der Waals surface area contributed by atoms with Crippen LogP contribution in [0, 0.1) is 17.8 Å². The summed E-state index contributed by atoms with van der Waals surface area (Å²) < 4.78 is 6.50. The molecule has 116 valence electrons. The van der Waals surface area contributed by atoms with Gasteiger partial charge in [-0.25, -0.2) is 0 Å². The van der Waals surface area contributed by atoms with Crippen molar-refractivity contribution in [3.05, 3.63) is 35.9 Å². The molecule has 1 heteroatoms. The Bertz CT molecular complexity index is 413. The molecule has 0 heterocycles. The van der Waals surface area contributed by atoms with Gasteiger partial charge in [-0.15, -0.1) is 0 Å². The zero-order valence-electron chi connectivity index (χ0n) is 13.5. The maximum Gasteiger partial charge on any atom is 0.0720 e. The van der Waals surface area contributed by atoms with Crippen LogP contribution in [-0.2, 0) is 11.3 Å². The lowest BCUT2D eigenvalue weighted by atomic mass is 9.65. The van der Waals surface area contributed by atoms with Crippen LogP contribution >= 0.6 is 0 Å². The number of benzene rings is 1. The number of hydrogen-bond donors (Lipinski definition) is 0. The monoisotopic (exact) mass is 286 g/mol. The van der Waals surface area contributed by atoms with Gasteiger partial charge >= 0.3 is 0 Å². The molecule has 0 aliphatic heterocycles. The first-order chi connectivity index (χ1) is 10.4. The number of ether oxygens (including phenoxy) is 1. The van der Waals surface area contributed by atoms with Gasteiger partial charge in [-0.3, -0.25) is 0 Å². The predicted molar refractivity (Wildman–Crippen MR) is 88.1 cm³/mol. The Balaban J connectivity index is 1.67. The average Bonchev–Trinajstić information content (AvgIpc) is 2.55. The first kappa shape index (κ1) is 15.1. The smallest absolute Gasteiger partial charge is 0.0720 e. The standard InChI is InChI=1S/C20H30O/c1-2-8-18-14-13-17-11-6-7-12-19(17)20(18)21-15-16-9-4-3-5-10-16/h3-5,9-10,17-20H,2,6-8,11-15H2,1H3. The van der Waals surface area contributed by atoms with E-state index in [0.717, 1.165) is 24.4 Å². The van der Waals surface area contributed by atoms with Crippen molar-refractivity contribution in [2.75, 3.05) is 0 Å². The third-order valence-corrected chi connectivity index (χ3v) is 5.71. The number of rotatable bonds is 5. The molecule has 0 spiro atoms. The molecule has 21 heavy (non-hydrogen) atoms. The van der Waals surface area contributed by atoms with E-state index < -0.39 is 0 Å². The molecule has 0 amide bonds. The molecule has 2 aliphatic carbocycles. The van der Waals surface area contributed by atoms with Gasteiger partial charge in [0, 0.05) is 0 Å². The average molecular weight is 286 g/mol. The minimum absolute atomic E-state index is 0.518. The maximum absolute atomic E-state index is 6.50. The fraction of sp³-hybridized carbons (Fsp3) is 0.700. The van der Waals surface area contributed by atoms with Gasteiger partial charge in [-0.1, -0.05) is 62.9 Å². The Hall–Kier alpha value is -0.820. The number of fused-ring (bicyclic) bond motifs is 1. The summed E-state index contributed by atoms with van der Waals surface area (Å²) in [7, 11) is 0. The van der Waals surface area contributed by atoms with Crippen LogP contribution in [0.1, 0.15) is 63.9 Å². The summed E-state index contributed by atoms with van der Waals surface area (Å²) in [6, 6.07) is 10.7. The van der Waals surface area contributed by atoms with E-state index in [1.807, 2.05) is 0 Å². The van der Waals surface area contributed by atoms with Crippen LogP contribution in [0.2, 0.25) is 0 Å². The summed E-state index contributed by atoms with van der Waals surface area (Å²) >= 11 is 0. The van der Waals surface area contributed by atoms with Crippen LogP contribution in [0.4, 0.5) is 0 Å².